The Balaban J connectivity index is 1.59. The van der Waals surface area contributed by atoms with Crippen molar-refractivity contribution in [3.8, 4) is 6.07 Å². The smallest absolute Gasteiger partial charge is 0.237 e. The van der Waals surface area contributed by atoms with E-state index >= 15 is 8.78 Å². The lowest BCUT2D eigenvalue weighted by atomic mass is 9.60. The van der Waals surface area contributed by atoms with Gasteiger partial charge in [0.25, 0.3) is 0 Å². The number of hydrogen-bond acceptors (Lipinski definition) is 6. The first kappa shape index (κ1) is 33.1. The summed E-state index contributed by atoms with van der Waals surface area (Å²) in [6, 6.07) is 8.91. The van der Waals surface area contributed by atoms with Gasteiger partial charge in [0.2, 0.25) is 5.91 Å². The van der Waals surface area contributed by atoms with Crippen LogP contribution in [0.25, 0.3) is 0 Å². The van der Waals surface area contributed by atoms with Crippen LogP contribution in [-0.2, 0) is 19.7 Å². The molecule has 44 heavy (non-hydrogen) atoms. The first-order chi connectivity index (χ1) is 20.9. The van der Waals surface area contributed by atoms with Gasteiger partial charge in [0.05, 0.1) is 29.8 Å². The van der Waals surface area contributed by atoms with Gasteiger partial charge in [0.15, 0.2) is 5.79 Å². The molecule has 1 saturated carbocycles. The zero-order valence-electron chi connectivity index (χ0n) is 25.0. The minimum atomic E-state index is -1.76. The Morgan fingerprint density at radius 2 is 1.93 bits per heavy atom. The SMILES string of the molecule is CC1(C)OCC(CCNC(=O)[C@@H]2N[C@@H](CC3(CO)CCCCC3)[C@](C#N)(c3ccc(Cl)cc3F)[C@H]2c2cccc(Cl)c2F)O1. The number of ether oxygens (including phenoxy) is 2. The van der Waals surface area contributed by atoms with Crippen LogP contribution in [0.15, 0.2) is 36.4 Å². The van der Waals surface area contributed by atoms with Gasteiger partial charge in [0.1, 0.15) is 17.0 Å². The molecule has 11 heteroatoms. The van der Waals surface area contributed by atoms with Gasteiger partial charge in [0, 0.05) is 35.7 Å². The maximum absolute atomic E-state index is 15.9. The topological polar surface area (TPSA) is 104 Å². The monoisotopic (exact) mass is 649 g/mol. The lowest BCUT2D eigenvalue weighted by Gasteiger charge is -2.42. The molecular weight excluding hydrogens is 611 g/mol. The van der Waals surface area contributed by atoms with Crippen molar-refractivity contribution in [3.63, 3.8) is 0 Å². The van der Waals surface area contributed by atoms with Gasteiger partial charge in [-0.1, -0.05) is 60.7 Å². The van der Waals surface area contributed by atoms with Crippen LogP contribution in [-0.4, -0.2) is 54.7 Å². The van der Waals surface area contributed by atoms with Gasteiger partial charge in [-0.2, -0.15) is 5.26 Å². The van der Waals surface area contributed by atoms with E-state index in [0.717, 1.165) is 38.2 Å². The van der Waals surface area contributed by atoms with Crippen molar-refractivity contribution in [2.75, 3.05) is 19.8 Å². The number of nitrogens with zero attached hydrogens (tertiary/aromatic N) is 1. The van der Waals surface area contributed by atoms with Crippen LogP contribution < -0.4 is 10.6 Å². The lowest BCUT2D eigenvalue weighted by molar-refractivity contribution is -0.138. The summed E-state index contributed by atoms with van der Waals surface area (Å²) in [5.74, 6) is -3.85. The van der Waals surface area contributed by atoms with Gasteiger partial charge < -0.3 is 25.2 Å². The molecule has 5 atom stereocenters. The standard InChI is InChI=1S/C33H39Cl2F2N3O4/c1-31(2)43-17-21(44-31)11-14-39-30(42)29-27(22-7-6-8-24(35)28(22)37)33(18-38,23-10-9-20(34)15-25(23)36)26(40-29)16-32(19-41)12-4-3-5-13-32/h6-10,15,21,26-27,29,40-41H,3-5,11-14,16-17,19H2,1-2H3,(H,39,42)/t21?,26-,27-,29+,33-/m0/s1. The molecule has 2 aromatic carbocycles. The minimum absolute atomic E-state index is 0.00390. The second-order valence-electron chi connectivity index (χ2n) is 12.9. The van der Waals surface area contributed by atoms with Crippen LogP contribution in [0.2, 0.25) is 10.0 Å². The summed E-state index contributed by atoms with van der Waals surface area (Å²) in [6.07, 6.45) is 4.83. The summed E-state index contributed by atoms with van der Waals surface area (Å²) >= 11 is 12.4. The molecule has 5 rings (SSSR count). The fraction of sp³-hybridized carbons (Fsp3) is 0.576. The Hall–Kier alpha value is -2.32. The first-order valence-corrected chi connectivity index (χ1v) is 16.0. The number of nitriles is 1. The van der Waals surface area contributed by atoms with Gasteiger partial charge in [-0.25, -0.2) is 8.78 Å². The van der Waals surface area contributed by atoms with E-state index in [9.17, 15) is 15.2 Å². The molecular formula is C33H39Cl2F2N3O4. The normalized spacial score (nSPS) is 29.3. The average molecular weight is 651 g/mol. The molecule has 0 bridgehead atoms. The number of amides is 1. The fourth-order valence-electron chi connectivity index (χ4n) is 7.48. The largest absolute Gasteiger partial charge is 0.396 e. The molecule has 1 amide bonds. The van der Waals surface area contributed by atoms with Crippen molar-refractivity contribution >= 4 is 29.1 Å². The molecule has 2 aromatic rings. The van der Waals surface area contributed by atoms with Gasteiger partial charge in [-0.3, -0.25) is 4.79 Å². The van der Waals surface area contributed by atoms with E-state index < -0.39 is 52.2 Å². The van der Waals surface area contributed by atoms with Crippen molar-refractivity contribution in [1.29, 1.82) is 5.26 Å². The molecule has 0 aromatic heterocycles. The maximum atomic E-state index is 15.9. The number of hydrogen-bond donors (Lipinski definition) is 3. The van der Waals surface area contributed by atoms with Crippen molar-refractivity contribution in [1.82, 2.24) is 10.6 Å². The Morgan fingerprint density at radius 1 is 1.18 bits per heavy atom. The summed E-state index contributed by atoms with van der Waals surface area (Å²) in [5, 5.41) is 28.0. The highest BCUT2D eigenvalue weighted by atomic mass is 35.5. The molecule has 3 N–H and O–H groups in total. The maximum Gasteiger partial charge on any atom is 0.237 e. The summed E-state index contributed by atoms with van der Waals surface area (Å²) in [6.45, 7) is 4.15. The molecule has 7 nitrogen and oxygen atoms in total. The quantitative estimate of drug-likeness (QED) is 0.301. The molecule has 2 aliphatic heterocycles. The Kier molecular flexibility index (Phi) is 9.91. The van der Waals surface area contributed by atoms with Gasteiger partial charge in [-0.15, -0.1) is 0 Å². The lowest BCUT2D eigenvalue weighted by Crippen LogP contribution is -2.48. The summed E-state index contributed by atoms with van der Waals surface area (Å²) in [7, 11) is 0. The summed E-state index contributed by atoms with van der Waals surface area (Å²) in [5.41, 5.74) is -2.27. The van der Waals surface area contributed by atoms with Crippen molar-refractivity contribution in [2.24, 2.45) is 5.41 Å². The van der Waals surface area contributed by atoms with Crippen molar-refractivity contribution in [3.05, 3.63) is 69.2 Å². The first-order valence-electron chi connectivity index (χ1n) is 15.2. The molecule has 2 heterocycles. The van der Waals surface area contributed by atoms with Gasteiger partial charge >= 0.3 is 0 Å². The predicted molar refractivity (Wildman–Crippen MR) is 163 cm³/mol. The van der Waals surface area contributed by atoms with E-state index in [4.69, 9.17) is 32.7 Å². The zero-order valence-corrected chi connectivity index (χ0v) is 26.5. The third-order valence-electron chi connectivity index (χ3n) is 9.63. The molecule has 238 valence electrons. The summed E-state index contributed by atoms with van der Waals surface area (Å²) in [4.78, 5) is 14.0. The van der Waals surface area contributed by atoms with Crippen LogP contribution in [0.1, 0.15) is 75.8 Å². The number of halogens is 4. The van der Waals surface area contributed by atoms with Crippen LogP contribution in [0.4, 0.5) is 8.78 Å². The number of nitrogens with one attached hydrogen (secondary N) is 2. The van der Waals surface area contributed by atoms with E-state index in [1.165, 1.54) is 24.3 Å². The van der Waals surface area contributed by atoms with Crippen LogP contribution in [0.5, 0.6) is 0 Å². The Labute approximate surface area is 267 Å². The third-order valence-corrected chi connectivity index (χ3v) is 10.2. The highest BCUT2D eigenvalue weighted by Gasteiger charge is 2.62. The average Bonchev–Trinajstić information content (AvgIpc) is 3.51. The number of aliphatic hydroxyl groups is 1. The number of benzene rings is 2. The highest BCUT2D eigenvalue weighted by molar-refractivity contribution is 6.31. The Bertz CT molecular complexity index is 1410. The van der Waals surface area contributed by atoms with E-state index in [2.05, 4.69) is 16.7 Å². The number of carbonyl (C=O) groups excluding carboxylic acids is 1. The molecule has 0 spiro atoms. The van der Waals surface area contributed by atoms with E-state index in [-0.39, 0.29) is 46.8 Å². The number of aliphatic hydroxyl groups excluding tert-OH is 1. The van der Waals surface area contributed by atoms with Crippen LogP contribution in [0.3, 0.4) is 0 Å². The van der Waals surface area contributed by atoms with E-state index in [0.29, 0.717) is 13.0 Å². The molecule has 1 aliphatic carbocycles. The highest BCUT2D eigenvalue weighted by Crippen LogP contribution is 2.54. The van der Waals surface area contributed by atoms with Crippen molar-refractivity contribution < 1.29 is 28.2 Å². The molecule has 1 unspecified atom stereocenters. The Morgan fingerprint density at radius 3 is 2.57 bits per heavy atom. The van der Waals surface area contributed by atoms with E-state index in [1.807, 2.05) is 13.8 Å². The predicted octanol–water partition coefficient (Wildman–Crippen LogP) is 6.15. The molecule has 0 radical (unpaired) electrons. The molecule has 3 aliphatic rings. The summed E-state index contributed by atoms with van der Waals surface area (Å²) < 4.78 is 43.3. The molecule has 2 saturated heterocycles. The second-order valence-corrected chi connectivity index (χ2v) is 13.7. The molecule has 3 fully saturated rings. The number of carbonyl (C=O) groups is 1. The minimum Gasteiger partial charge on any atom is -0.396 e. The van der Waals surface area contributed by atoms with Crippen LogP contribution >= 0.6 is 23.2 Å². The van der Waals surface area contributed by atoms with Crippen molar-refractivity contribution in [2.45, 2.75) is 94.1 Å². The van der Waals surface area contributed by atoms with Gasteiger partial charge in [-0.05, 0) is 68.7 Å². The third kappa shape index (κ3) is 6.35. The van der Waals surface area contributed by atoms with E-state index in [1.54, 1.807) is 6.07 Å². The second kappa shape index (κ2) is 13.2. The number of rotatable bonds is 9. The van der Waals surface area contributed by atoms with Crippen LogP contribution in [0, 0.1) is 28.4 Å². The zero-order chi connectivity index (χ0) is 31.7. The fourth-order valence-corrected chi connectivity index (χ4v) is 7.82.